The molecule has 0 fully saturated rings. The third-order valence-electron chi connectivity index (χ3n) is 3.94. The van der Waals surface area contributed by atoms with Gasteiger partial charge in [0.05, 0.1) is 19.3 Å². The number of hydrogen-bond acceptors (Lipinski definition) is 7. The predicted octanol–water partition coefficient (Wildman–Crippen LogP) is 0.146. The molecular weight excluding hydrogens is 362 g/mol. The molecule has 0 atom stereocenters. The molecule has 10 nitrogen and oxygen atoms in total. The SMILES string of the molecule is COC(=O)Nc1nc2c(s1)CN(C(=O)CCn1ccc(=O)[nH]c1=O)CC2. The first-order valence-electron chi connectivity index (χ1n) is 7.87. The Hall–Kier alpha value is -2.95. The molecule has 26 heavy (non-hydrogen) atoms. The van der Waals surface area contributed by atoms with Gasteiger partial charge in [-0.1, -0.05) is 11.3 Å². The van der Waals surface area contributed by atoms with E-state index in [1.807, 2.05) is 0 Å². The summed E-state index contributed by atoms with van der Waals surface area (Å²) in [5, 5.41) is 2.97. The summed E-state index contributed by atoms with van der Waals surface area (Å²) < 4.78 is 5.83. The zero-order valence-corrected chi connectivity index (χ0v) is 14.8. The normalized spacial score (nSPS) is 13.2. The number of carbonyl (C=O) groups excluding carboxylic acids is 2. The number of hydrogen-bond donors (Lipinski definition) is 2. The lowest BCUT2D eigenvalue weighted by atomic mass is 10.1. The zero-order valence-electron chi connectivity index (χ0n) is 14.0. The molecule has 1 aliphatic rings. The predicted molar refractivity (Wildman–Crippen MR) is 93.2 cm³/mol. The monoisotopic (exact) mass is 379 g/mol. The third-order valence-corrected chi connectivity index (χ3v) is 4.94. The zero-order chi connectivity index (χ0) is 18.7. The minimum atomic E-state index is -0.588. The van der Waals surface area contributed by atoms with Crippen molar-refractivity contribution in [3.05, 3.63) is 43.7 Å². The molecule has 0 bridgehead atoms. The average Bonchev–Trinajstić information content (AvgIpc) is 3.01. The van der Waals surface area contributed by atoms with Gasteiger partial charge in [0, 0.05) is 43.1 Å². The van der Waals surface area contributed by atoms with Gasteiger partial charge in [-0.15, -0.1) is 0 Å². The van der Waals surface area contributed by atoms with E-state index < -0.39 is 17.3 Å². The third kappa shape index (κ3) is 3.99. The lowest BCUT2D eigenvalue weighted by Crippen LogP contribution is -2.37. The van der Waals surface area contributed by atoms with Gasteiger partial charge >= 0.3 is 11.8 Å². The van der Waals surface area contributed by atoms with Gasteiger partial charge in [0.15, 0.2) is 5.13 Å². The van der Waals surface area contributed by atoms with Crippen LogP contribution in [-0.4, -0.2) is 45.1 Å². The molecule has 1 aliphatic heterocycles. The number of aromatic amines is 1. The number of nitrogens with zero attached hydrogens (tertiary/aromatic N) is 3. The maximum absolute atomic E-state index is 12.4. The van der Waals surface area contributed by atoms with E-state index in [9.17, 15) is 19.2 Å². The number of anilines is 1. The van der Waals surface area contributed by atoms with E-state index in [0.29, 0.717) is 24.6 Å². The largest absolute Gasteiger partial charge is 0.453 e. The molecule has 2 aromatic heterocycles. The van der Waals surface area contributed by atoms with Crippen LogP contribution in [0.5, 0.6) is 0 Å². The first-order chi connectivity index (χ1) is 12.5. The molecule has 0 saturated heterocycles. The molecule has 2 N–H and O–H groups in total. The van der Waals surface area contributed by atoms with Crippen molar-refractivity contribution in [1.82, 2.24) is 19.4 Å². The molecule has 138 valence electrons. The fourth-order valence-electron chi connectivity index (χ4n) is 2.59. The second-order valence-electron chi connectivity index (χ2n) is 5.62. The number of nitrogens with one attached hydrogen (secondary N) is 2. The summed E-state index contributed by atoms with van der Waals surface area (Å²) in [5.41, 5.74) is -0.141. The molecule has 3 rings (SSSR count). The summed E-state index contributed by atoms with van der Waals surface area (Å²) in [6.45, 7) is 1.12. The van der Waals surface area contributed by atoms with E-state index in [4.69, 9.17) is 0 Å². The Morgan fingerprint density at radius 1 is 1.42 bits per heavy atom. The van der Waals surface area contributed by atoms with Gasteiger partial charge in [-0.3, -0.25) is 19.9 Å². The van der Waals surface area contributed by atoms with Crippen molar-refractivity contribution >= 4 is 28.5 Å². The van der Waals surface area contributed by atoms with E-state index in [0.717, 1.165) is 10.6 Å². The Labute approximate surface area is 151 Å². The topological polar surface area (TPSA) is 126 Å². The van der Waals surface area contributed by atoms with E-state index in [1.165, 1.54) is 35.3 Å². The van der Waals surface area contributed by atoms with Crippen molar-refractivity contribution in [2.45, 2.75) is 25.9 Å². The van der Waals surface area contributed by atoms with Crippen LogP contribution >= 0.6 is 11.3 Å². The van der Waals surface area contributed by atoms with Crippen LogP contribution in [0.15, 0.2) is 21.9 Å². The van der Waals surface area contributed by atoms with Gasteiger partial charge in [0.25, 0.3) is 5.56 Å². The first kappa shape index (κ1) is 17.9. The molecule has 0 unspecified atom stereocenters. The van der Waals surface area contributed by atoms with E-state index >= 15 is 0 Å². The van der Waals surface area contributed by atoms with Gasteiger partial charge in [-0.25, -0.2) is 14.6 Å². The minimum Gasteiger partial charge on any atom is -0.453 e. The number of ether oxygens (including phenoxy) is 1. The quantitative estimate of drug-likeness (QED) is 0.778. The molecule has 0 aliphatic carbocycles. The van der Waals surface area contributed by atoms with Gasteiger partial charge in [0.2, 0.25) is 5.91 Å². The first-order valence-corrected chi connectivity index (χ1v) is 8.69. The van der Waals surface area contributed by atoms with Gasteiger partial charge in [0.1, 0.15) is 0 Å². The lowest BCUT2D eigenvalue weighted by molar-refractivity contribution is -0.132. The van der Waals surface area contributed by atoms with Crippen LogP contribution in [0.2, 0.25) is 0 Å². The smallest absolute Gasteiger partial charge is 0.413 e. The summed E-state index contributed by atoms with van der Waals surface area (Å²) in [7, 11) is 1.27. The highest BCUT2D eigenvalue weighted by molar-refractivity contribution is 7.15. The number of fused-ring (bicyclic) bond motifs is 1. The summed E-state index contributed by atoms with van der Waals surface area (Å²) >= 11 is 1.31. The fourth-order valence-corrected chi connectivity index (χ4v) is 3.60. The van der Waals surface area contributed by atoms with Crippen molar-refractivity contribution in [1.29, 1.82) is 0 Å². The van der Waals surface area contributed by atoms with E-state index in [2.05, 4.69) is 20.0 Å². The van der Waals surface area contributed by atoms with Crippen molar-refractivity contribution in [2.75, 3.05) is 19.0 Å². The Bertz CT molecular complexity index is 946. The minimum absolute atomic E-state index is 0.0929. The average molecular weight is 379 g/mol. The number of thiazole rings is 1. The summed E-state index contributed by atoms with van der Waals surface area (Å²) in [5.74, 6) is -0.0929. The molecule has 2 amide bonds. The number of carbonyl (C=O) groups is 2. The fraction of sp³-hybridized carbons (Fsp3) is 0.400. The number of aryl methyl sites for hydroxylation is 1. The maximum atomic E-state index is 12.4. The van der Waals surface area contributed by atoms with Crippen molar-refractivity contribution in [3.63, 3.8) is 0 Å². The van der Waals surface area contributed by atoms with Crippen LogP contribution in [0, 0.1) is 0 Å². The highest BCUT2D eigenvalue weighted by Gasteiger charge is 2.24. The second-order valence-corrected chi connectivity index (χ2v) is 6.71. The Kier molecular flexibility index (Phi) is 5.16. The van der Waals surface area contributed by atoms with Crippen LogP contribution in [0.3, 0.4) is 0 Å². The van der Waals surface area contributed by atoms with Crippen LogP contribution in [0.4, 0.5) is 9.93 Å². The molecule has 0 aromatic carbocycles. The summed E-state index contributed by atoms with van der Waals surface area (Å²) in [6.07, 6.45) is 1.53. The van der Waals surface area contributed by atoms with Gasteiger partial charge in [-0.05, 0) is 0 Å². The van der Waals surface area contributed by atoms with Crippen LogP contribution < -0.4 is 16.6 Å². The number of H-pyrrole nitrogens is 1. The van der Waals surface area contributed by atoms with Gasteiger partial charge < -0.3 is 14.2 Å². The highest BCUT2D eigenvalue weighted by Crippen LogP contribution is 2.28. The molecule has 0 saturated carbocycles. The van der Waals surface area contributed by atoms with E-state index in [1.54, 1.807) is 4.90 Å². The summed E-state index contributed by atoms with van der Waals surface area (Å²) in [4.78, 5) is 55.5. The van der Waals surface area contributed by atoms with Gasteiger partial charge in [-0.2, -0.15) is 0 Å². The number of rotatable bonds is 4. The number of aromatic nitrogens is 3. The maximum Gasteiger partial charge on any atom is 0.413 e. The Balaban J connectivity index is 1.61. The summed E-state index contributed by atoms with van der Waals surface area (Å²) in [6, 6.07) is 1.24. The van der Waals surface area contributed by atoms with Crippen LogP contribution in [0.25, 0.3) is 0 Å². The molecule has 11 heteroatoms. The Morgan fingerprint density at radius 3 is 2.96 bits per heavy atom. The molecule has 2 aromatic rings. The lowest BCUT2D eigenvalue weighted by Gasteiger charge is -2.26. The highest BCUT2D eigenvalue weighted by atomic mass is 32.1. The molecular formula is C15H17N5O5S. The number of amides is 2. The molecule has 0 spiro atoms. The second kappa shape index (κ2) is 7.52. The van der Waals surface area contributed by atoms with Crippen LogP contribution in [-0.2, 0) is 29.0 Å². The standard InChI is InChI=1S/C15H17N5O5S/c1-25-15(24)18-13-16-9-2-5-20(8-10(9)26-13)12(22)4-7-19-6-3-11(21)17-14(19)23/h3,6H,2,4-5,7-8H2,1H3,(H,16,18,24)(H,17,21,23). The number of methoxy groups -OCH3 is 1. The molecule has 0 radical (unpaired) electrons. The van der Waals surface area contributed by atoms with Crippen molar-refractivity contribution in [2.24, 2.45) is 0 Å². The van der Waals surface area contributed by atoms with E-state index in [-0.39, 0.29) is 18.9 Å². The van der Waals surface area contributed by atoms with Crippen LogP contribution in [0.1, 0.15) is 17.0 Å². The molecule has 3 heterocycles. The Morgan fingerprint density at radius 2 is 2.23 bits per heavy atom. The van der Waals surface area contributed by atoms with Crippen molar-refractivity contribution in [3.8, 4) is 0 Å². The van der Waals surface area contributed by atoms with Crippen molar-refractivity contribution < 1.29 is 14.3 Å².